The number of halogens is 1. The van der Waals surface area contributed by atoms with Gasteiger partial charge in [0.1, 0.15) is 17.7 Å². The Bertz CT molecular complexity index is 1580. The molecule has 0 radical (unpaired) electrons. The van der Waals surface area contributed by atoms with Crippen molar-refractivity contribution in [3.63, 3.8) is 0 Å². The highest BCUT2D eigenvalue weighted by molar-refractivity contribution is 7.90. The molecule has 1 fully saturated rings. The van der Waals surface area contributed by atoms with Crippen LogP contribution in [0, 0.1) is 18.3 Å². The Labute approximate surface area is 202 Å². The van der Waals surface area contributed by atoms with E-state index in [1.807, 2.05) is 26.2 Å². The van der Waals surface area contributed by atoms with Crippen LogP contribution in [-0.4, -0.2) is 48.6 Å². The van der Waals surface area contributed by atoms with Crippen LogP contribution < -0.4 is 10.1 Å². The summed E-state index contributed by atoms with van der Waals surface area (Å²) < 4.78 is 33.2. The van der Waals surface area contributed by atoms with Crippen molar-refractivity contribution in [1.29, 1.82) is 5.26 Å². The third-order valence-corrected chi connectivity index (χ3v) is 7.94. The minimum atomic E-state index is -3.52. The minimum absolute atomic E-state index is 0.0209. The Morgan fingerprint density at radius 1 is 1.38 bits per heavy atom. The van der Waals surface area contributed by atoms with E-state index < -0.39 is 9.84 Å². The number of aryl methyl sites for hydroxylation is 1. The van der Waals surface area contributed by atoms with Gasteiger partial charge in [0.25, 0.3) is 0 Å². The Morgan fingerprint density at radius 2 is 2.15 bits per heavy atom. The second kappa shape index (κ2) is 8.31. The topological polar surface area (TPSA) is 113 Å². The molecule has 2 aromatic carbocycles. The molecule has 10 heteroatoms. The van der Waals surface area contributed by atoms with Crippen molar-refractivity contribution in [2.45, 2.75) is 43.4 Å². The van der Waals surface area contributed by atoms with E-state index in [-0.39, 0.29) is 17.5 Å². The Kier molecular flexibility index (Phi) is 5.55. The van der Waals surface area contributed by atoms with E-state index >= 15 is 0 Å². The van der Waals surface area contributed by atoms with E-state index in [9.17, 15) is 13.7 Å². The maximum Gasteiger partial charge on any atom is 0.175 e. The second-order valence-electron chi connectivity index (χ2n) is 8.84. The molecule has 2 heterocycles. The third-order valence-electron chi connectivity index (χ3n) is 6.48. The molecule has 1 aliphatic rings. The summed E-state index contributed by atoms with van der Waals surface area (Å²) in [6, 6.07) is 7.83. The molecule has 0 atom stereocenters. The van der Waals surface area contributed by atoms with E-state index in [1.54, 1.807) is 23.0 Å². The molecule has 1 aliphatic carbocycles. The van der Waals surface area contributed by atoms with Gasteiger partial charge in [-0.1, -0.05) is 11.6 Å². The zero-order chi connectivity index (χ0) is 24.2. The molecule has 176 valence electrons. The van der Waals surface area contributed by atoms with Crippen molar-refractivity contribution in [1.82, 2.24) is 20.1 Å². The van der Waals surface area contributed by atoms with Crippen LogP contribution >= 0.6 is 11.6 Å². The van der Waals surface area contributed by atoms with E-state index in [1.165, 1.54) is 6.26 Å². The molecule has 2 N–H and O–H groups in total. The van der Waals surface area contributed by atoms with E-state index in [4.69, 9.17) is 21.4 Å². The molecule has 0 unspecified atom stereocenters. The number of rotatable bonds is 6. The molecule has 0 amide bonds. The van der Waals surface area contributed by atoms with Crippen molar-refractivity contribution in [3.8, 4) is 11.8 Å². The normalized spacial score (nSPS) is 18.2. The fraction of sp³-hybridized carbons (Fsp3) is 0.333. The average Bonchev–Trinajstić information content (AvgIpc) is 3.35. The summed E-state index contributed by atoms with van der Waals surface area (Å²) in [6.07, 6.45) is 6.44. The van der Waals surface area contributed by atoms with Gasteiger partial charge in [0, 0.05) is 41.0 Å². The van der Waals surface area contributed by atoms with Crippen molar-refractivity contribution in [3.05, 3.63) is 52.3 Å². The maximum atomic E-state index is 12.7. The van der Waals surface area contributed by atoms with Gasteiger partial charge in [-0.05, 0) is 50.6 Å². The molecule has 5 rings (SSSR count). The first-order valence-corrected chi connectivity index (χ1v) is 13.2. The first-order valence-electron chi connectivity index (χ1n) is 10.9. The second-order valence-corrected chi connectivity index (χ2v) is 11.2. The van der Waals surface area contributed by atoms with Crippen molar-refractivity contribution >= 4 is 43.2 Å². The van der Waals surface area contributed by atoms with Crippen molar-refractivity contribution < 1.29 is 13.2 Å². The lowest BCUT2D eigenvalue weighted by Gasteiger charge is -2.35. The van der Waals surface area contributed by atoms with Gasteiger partial charge in [0.2, 0.25) is 0 Å². The zero-order valence-electron chi connectivity index (χ0n) is 19.0. The van der Waals surface area contributed by atoms with Gasteiger partial charge in [0.05, 0.1) is 27.5 Å². The van der Waals surface area contributed by atoms with Crippen LogP contribution in [0.25, 0.3) is 21.8 Å². The lowest BCUT2D eigenvalue weighted by atomic mass is 9.89. The lowest BCUT2D eigenvalue weighted by Crippen LogP contribution is -2.45. The van der Waals surface area contributed by atoms with Crippen LogP contribution in [-0.2, 0) is 16.4 Å². The van der Waals surface area contributed by atoms with E-state index in [0.29, 0.717) is 38.8 Å². The SMILES string of the molecule is CNC1CC(Oc2c(C#N)ccc3cn(Cc4c(S(C)(=O)=O)cc(C)c5[nH]cc(Cl)c45)nc23)C1. The molecule has 34 heavy (non-hydrogen) atoms. The molecule has 4 aromatic rings. The van der Waals surface area contributed by atoms with Gasteiger partial charge in [-0.2, -0.15) is 10.4 Å². The minimum Gasteiger partial charge on any atom is -0.487 e. The highest BCUT2D eigenvalue weighted by Gasteiger charge is 2.31. The summed E-state index contributed by atoms with van der Waals surface area (Å²) in [6.45, 7) is 2.04. The monoisotopic (exact) mass is 497 g/mol. The van der Waals surface area contributed by atoms with Crippen molar-refractivity contribution in [2.24, 2.45) is 0 Å². The quantitative estimate of drug-likeness (QED) is 0.417. The predicted octanol–water partition coefficient (Wildman–Crippen LogP) is 3.93. The Morgan fingerprint density at radius 3 is 2.82 bits per heavy atom. The number of sulfone groups is 1. The number of H-pyrrole nitrogens is 1. The summed E-state index contributed by atoms with van der Waals surface area (Å²) in [4.78, 5) is 3.36. The number of hydrogen-bond donors (Lipinski definition) is 2. The molecule has 1 saturated carbocycles. The zero-order valence-corrected chi connectivity index (χ0v) is 20.6. The van der Waals surface area contributed by atoms with Crippen LogP contribution in [0.3, 0.4) is 0 Å². The van der Waals surface area contributed by atoms with Crippen LogP contribution in [0.15, 0.2) is 35.5 Å². The summed E-state index contributed by atoms with van der Waals surface area (Å²) >= 11 is 6.47. The smallest absolute Gasteiger partial charge is 0.175 e. The number of nitrogens with zero attached hydrogens (tertiary/aromatic N) is 3. The van der Waals surface area contributed by atoms with Crippen LogP contribution in [0.2, 0.25) is 5.02 Å². The number of fused-ring (bicyclic) bond motifs is 2. The number of nitriles is 1. The summed E-state index contributed by atoms with van der Waals surface area (Å²) in [5.74, 6) is 0.468. The molecule has 0 saturated heterocycles. The van der Waals surface area contributed by atoms with Gasteiger partial charge in [-0.25, -0.2) is 8.42 Å². The van der Waals surface area contributed by atoms with Gasteiger partial charge in [0.15, 0.2) is 15.6 Å². The molecule has 0 spiro atoms. The average molecular weight is 498 g/mol. The number of aromatic amines is 1. The van der Waals surface area contributed by atoms with Crippen molar-refractivity contribution in [2.75, 3.05) is 13.3 Å². The van der Waals surface area contributed by atoms with Crippen LogP contribution in [0.5, 0.6) is 5.75 Å². The van der Waals surface area contributed by atoms with Gasteiger partial charge >= 0.3 is 0 Å². The molecular weight excluding hydrogens is 474 g/mol. The Hall–Kier alpha value is -3.06. The number of ether oxygens (including phenoxy) is 1. The highest BCUT2D eigenvalue weighted by atomic mass is 35.5. The molecule has 0 bridgehead atoms. The predicted molar refractivity (Wildman–Crippen MR) is 131 cm³/mol. The van der Waals surface area contributed by atoms with E-state index in [0.717, 1.165) is 29.3 Å². The number of hydrogen-bond acceptors (Lipinski definition) is 6. The van der Waals surface area contributed by atoms with Crippen LogP contribution in [0.1, 0.15) is 29.5 Å². The molecular formula is C24H24ClN5O3S. The molecule has 2 aromatic heterocycles. The fourth-order valence-corrected chi connectivity index (χ4v) is 5.87. The summed E-state index contributed by atoms with van der Waals surface area (Å²) in [7, 11) is -1.59. The third kappa shape index (κ3) is 3.82. The lowest BCUT2D eigenvalue weighted by molar-refractivity contribution is 0.0895. The standard InChI is InChI=1S/C24H24ClN5O3S/c1-13-6-20(34(3,31)32)18(21-19(25)10-28-22(13)21)12-30-11-15-5-4-14(9-26)24(23(15)29-30)33-17-7-16(8-17)27-2/h4-6,10-11,16-17,27-28H,7-8,12H2,1-3H3. The summed E-state index contributed by atoms with van der Waals surface area (Å²) in [5, 5.41) is 19.5. The van der Waals surface area contributed by atoms with Gasteiger partial charge in [-0.3, -0.25) is 4.68 Å². The number of aromatic nitrogens is 3. The number of benzene rings is 2. The maximum absolute atomic E-state index is 12.7. The molecule has 8 nitrogen and oxygen atoms in total. The Balaban J connectivity index is 1.61. The fourth-order valence-electron chi connectivity index (χ4n) is 4.60. The van der Waals surface area contributed by atoms with Gasteiger partial charge < -0.3 is 15.0 Å². The first kappa shape index (κ1) is 22.7. The largest absolute Gasteiger partial charge is 0.487 e. The first-order chi connectivity index (χ1) is 16.2. The number of nitrogens with one attached hydrogen (secondary N) is 2. The van der Waals surface area contributed by atoms with Crippen LogP contribution in [0.4, 0.5) is 0 Å². The highest BCUT2D eigenvalue weighted by Crippen LogP contribution is 2.36. The molecule has 0 aliphatic heterocycles. The van der Waals surface area contributed by atoms with E-state index in [2.05, 4.69) is 16.4 Å². The van der Waals surface area contributed by atoms with Gasteiger partial charge in [-0.15, -0.1) is 0 Å². The summed E-state index contributed by atoms with van der Waals surface area (Å²) in [5.41, 5.74) is 3.17.